The zero-order chi connectivity index (χ0) is 14.7. The minimum Gasteiger partial charge on any atom is -0.366 e. The maximum Gasteiger partial charge on any atom is 0.248 e. The van der Waals surface area contributed by atoms with E-state index in [2.05, 4.69) is 16.3 Å². The second kappa shape index (κ2) is 7.95. The summed E-state index contributed by atoms with van der Waals surface area (Å²) < 4.78 is 0. The molecule has 22 heavy (non-hydrogen) atoms. The number of rotatable bonds is 6. The predicted octanol–water partition coefficient (Wildman–Crippen LogP) is 2.17. The molecule has 1 aromatic carbocycles. The molecule has 5 heteroatoms. The van der Waals surface area contributed by atoms with Gasteiger partial charge in [0.05, 0.1) is 0 Å². The highest BCUT2D eigenvalue weighted by Crippen LogP contribution is 2.28. The summed E-state index contributed by atoms with van der Waals surface area (Å²) in [5.74, 6) is 0.611. The second-order valence-electron chi connectivity index (χ2n) is 6.47. The maximum absolute atomic E-state index is 11.2. The van der Waals surface area contributed by atoms with Gasteiger partial charge >= 0.3 is 0 Å². The van der Waals surface area contributed by atoms with Crippen LogP contribution in [0.3, 0.4) is 0 Å². The summed E-state index contributed by atoms with van der Waals surface area (Å²) in [6.45, 7) is 4.38. The Morgan fingerprint density at radius 2 is 1.95 bits per heavy atom. The van der Waals surface area contributed by atoms with Crippen molar-refractivity contribution in [1.29, 1.82) is 0 Å². The molecule has 122 valence electrons. The molecular weight excluding hydrogens is 298 g/mol. The van der Waals surface area contributed by atoms with E-state index in [1.807, 2.05) is 12.1 Å². The molecule has 2 fully saturated rings. The van der Waals surface area contributed by atoms with E-state index >= 15 is 0 Å². The third-order valence-electron chi connectivity index (χ3n) is 4.60. The Balaban J connectivity index is 0.00000176. The molecule has 4 nitrogen and oxygen atoms in total. The minimum absolute atomic E-state index is 0. The Hall–Kier alpha value is -1.10. The topological polar surface area (TPSA) is 58.4 Å². The van der Waals surface area contributed by atoms with Gasteiger partial charge in [-0.05, 0) is 68.9 Å². The molecule has 1 heterocycles. The molecule has 2 aliphatic rings. The Kier molecular flexibility index (Phi) is 6.24. The van der Waals surface area contributed by atoms with E-state index in [1.165, 1.54) is 37.8 Å². The van der Waals surface area contributed by atoms with E-state index in [0.717, 1.165) is 25.6 Å². The lowest BCUT2D eigenvalue weighted by molar-refractivity contribution is 0.1000. The third-order valence-corrected chi connectivity index (χ3v) is 4.60. The van der Waals surface area contributed by atoms with Crippen molar-refractivity contribution in [3.63, 3.8) is 0 Å². The number of piperidine rings is 1. The highest BCUT2D eigenvalue weighted by Gasteiger charge is 2.24. The fourth-order valence-electron chi connectivity index (χ4n) is 3.03. The Morgan fingerprint density at radius 3 is 2.59 bits per heavy atom. The van der Waals surface area contributed by atoms with Gasteiger partial charge in [0.15, 0.2) is 0 Å². The highest BCUT2D eigenvalue weighted by molar-refractivity contribution is 5.92. The molecular formula is C17H26ClN3O. The van der Waals surface area contributed by atoms with Gasteiger partial charge in [-0.3, -0.25) is 9.69 Å². The van der Waals surface area contributed by atoms with Crippen LogP contribution in [0.1, 0.15) is 41.6 Å². The number of halogens is 1. The number of amides is 1. The molecule has 1 aliphatic heterocycles. The summed E-state index contributed by atoms with van der Waals surface area (Å²) >= 11 is 0. The van der Waals surface area contributed by atoms with E-state index in [0.29, 0.717) is 11.6 Å². The summed E-state index contributed by atoms with van der Waals surface area (Å²) in [6.07, 6.45) is 5.29. The first kappa shape index (κ1) is 17.3. The van der Waals surface area contributed by atoms with Crippen molar-refractivity contribution in [1.82, 2.24) is 10.2 Å². The zero-order valence-corrected chi connectivity index (χ0v) is 13.8. The molecule has 1 amide bonds. The SMILES string of the molecule is Cl.NC(=O)c1cccc(CN2CCC(NCC3CC3)CC2)c1. The highest BCUT2D eigenvalue weighted by atomic mass is 35.5. The van der Waals surface area contributed by atoms with Crippen LogP contribution in [-0.4, -0.2) is 36.5 Å². The first-order valence-corrected chi connectivity index (χ1v) is 8.05. The predicted molar refractivity (Wildman–Crippen MR) is 91.2 cm³/mol. The fraction of sp³-hybridized carbons (Fsp3) is 0.588. The van der Waals surface area contributed by atoms with Gasteiger partial charge in [-0.15, -0.1) is 12.4 Å². The van der Waals surface area contributed by atoms with Crippen molar-refractivity contribution in [3.05, 3.63) is 35.4 Å². The van der Waals surface area contributed by atoms with Crippen molar-refractivity contribution >= 4 is 18.3 Å². The van der Waals surface area contributed by atoms with Gasteiger partial charge < -0.3 is 11.1 Å². The van der Waals surface area contributed by atoms with Gasteiger partial charge in [0.25, 0.3) is 0 Å². The summed E-state index contributed by atoms with van der Waals surface area (Å²) in [4.78, 5) is 13.7. The lowest BCUT2D eigenvalue weighted by Gasteiger charge is -2.32. The number of hydrogen-bond donors (Lipinski definition) is 2. The number of nitrogens with one attached hydrogen (secondary N) is 1. The summed E-state index contributed by atoms with van der Waals surface area (Å²) in [6, 6.07) is 8.38. The van der Waals surface area contributed by atoms with Crippen LogP contribution in [0.4, 0.5) is 0 Å². The second-order valence-corrected chi connectivity index (χ2v) is 6.47. The number of nitrogens with zero attached hydrogens (tertiary/aromatic N) is 1. The zero-order valence-electron chi connectivity index (χ0n) is 13.0. The van der Waals surface area contributed by atoms with Gasteiger partial charge in [-0.1, -0.05) is 12.1 Å². The average molecular weight is 324 g/mol. The minimum atomic E-state index is -0.347. The van der Waals surface area contributed by atoms with E-state index in [4.69, 9.17) is 5.73 Å². The first-order chi connectivity index (χ1) is 10.2. The fourth-order valence-corrected chi connectivity index (χ4v) is 3.03. The molecule has 3 rings (SSSR count). The number of hydrogen-bond acceptors (Lipinski definition) is 3. The van der Waals surface area contributed by atoms with Crippen LogP contribution < -0.4 is 11.1 Å². The molecule has 0 unspecified atom stereocenters. The number of nitrogens with two attached hydrogens (primary N) is 1. The smallest absolute Gasteiger partial charge is 0.248 e. The van der Waals surface area contributed by atoms with E-state index in [1.54, 1.807) is 6.07 Å². The summed E-state index contributed by atoms with van der Waals surface area (Å²) in [7, 11) is 0. The molecule has 0 spiro atoms. The molecule has 3 N–H and O–H groups in total. The van der Waals surface area contributed by atoms with E-state index < -0.39 is 0 Å². The maximum atomic E-state index is 11.2. The molecule has 1 saturated heterocycles. The van der Waals surface area contributed by atoms with Crippen LogP contribution in [-0.2, 0) is 6.54 Å². The van der Waals surface area contributed by atoms with Crippen molar-refractivity contribution in [2.45, 2.75) is 38.3 Å². The monoisotopic (exact) mass is 323 g/mol. The summed E-state index contributed by atoms with van der Waals surface area (Å²) in [5.41, 5.74) is 7.12. The normalized spacial score (nSPS) is 19.6. The van der Waals surface area contributed by atoms with Crippen molar-refractivity contribution in [2.24, 2.45) is 11.7 Å². The Labute approximate surface area is 138 Å². The third kappa shape index (κ3) is 4.97. The van der Waals surface area contributed by atoms with Gasteiger partial charge in [-0.25, -0.2) is 0 Å². The van der Waals surface area contributed by atoms with Crippen LogP contribution in [0, 0.1) is 5.92 Å². The first-order valence-electron chi connectivity index (χ1n) is 8.05. The number of likely N-dealkylation sites (tertiary alicyclic amines) is 1. The van der Waals surface area contributed by atoms with Crippen LogP contribution in [0.2, 0.25) is 0 Å². The largest absolute Gasteiger partial charge is 0.366 e. The molecule has 0 aromatic heterocycles. The van der Waals surface area contributed by atoms with E-state index in [-0.39, 0.29) is 18.3 Å². The van der Waals surface area contributed by atoms with Crippen LogP contribution >= 0.6 is 12.4 Å². The average Bonchev–Trinajstić information content (AvgIpc) is 3.31. The van der Waals surface area contributed by atoms with Crippen LogP contribution in [0.25, 0.3) is 0 Å². The molecule has 1 aromatic rings. The Bertz CT molecular complexity index is 496. The van der Waals surface area contributed by atoms with Gasteiger partial charge in [0.2, 0.25) is 5.91 Å². The summed E-state index contributed by atoms with van der Waals surface area (Å²) in [5, 5.41) is 3.70. The molecule has 0 atom stereocenters. The number of primary amides is 1. The molecule has 0 bridgehead atoms. The number of carbonyl (C=O) groups is 1. The number of carbonyl (C=O) groups excluding carboxylic acids is 1. The van der Waals surface area contributed by atoms with Crippen molar-refractivity contribution in [2.75, 3.05) is 19.6 Å². The lowest BCUT2D eigenvalue weighted by atomic mass is 10.0. The number of benzene rings is 1. The van der Waals surface area contributed by atoms with Crippen molar-refractivity contribution < 1.29 is 4.79 Å². The van der Waals surface area contributed by atoms with Gasteiger partial charge in [-0.2, -0.15) is 0 Å². The standard InChI is InChI=1S/C17H25N3O.ClH/c18-17(21)15-3-1-2-14(10-15)12-20-8-6-16(7-9-20)19-11-13-4-5-13;/h1-3,10,13,16,19H,4-9,11-12H2,(H2,18,21);1H. The van der Waals surface area contributed by atoms with E-state index in [9.17, 15) is 4.79 Å². The van der Waals surface area contributed by atoms with Crippen molar-refractivity contribution in [3.8, 4) is 0 Å². The molecule has 0 radical (unpaired) electrons. The molecule has 1 saturated carbocycles. The lowest BCUT2D eigenvalue weighted by Crippen LogP contribution is -2.42. The van der Waals surface area contributed by atoms with Gasteiger partial charge in [0, 0.05) is 18.2 Å². The van der Waals surface area contributed by atoms with Crippen LogP contribution in [0.15, 0.2) is 24.3 Å². The van der Waals surface area contributed by atoms with Gasteiger partial charge in [0.1, 0.15) is 0 Å². The Morgan fingerprint density at radius 1 is 1.23 bits per heavy atom. The van der Waals surface area contributed by atoms with Crippen LogP contribution in [0.5, 0.6) is 0 Å². The quantitative estimate of drug-likeness (QED) is 0.843. The molecule has 1 aliphatic carbocycles.